The Morgan fingerprint density at radius 1 is 1.56 bits per heavy atom. The molecule has 0 saturated carbocycles. The molecule has 0 aromatic heterocycles. The fourth-order valence-electron chi connectivity index (χ4n) is 2.45. The fourth-order valence-corrected chi connectivity index (χ4v) is 2.74. The molecule has 1 fully saturated rings. The van der Waals surface area contributed by atoms with Crippen molar-refractivity contribution >= 4 is 17.6 Å². The average Bonchev–Trinajstić information content (AvgIpc) is 2.77. The second-order valence-electron chi connectivity index (χ2n) is 4.58. The Morgan fingerprint density at radius 3 is 2.83 bits per heavy atom. The Bertz CT molecular complexity index is 476. The SMILES string of the molecule is COc1c(C)cc(Cl)cc1C1CC(C(=O)O)CN1. The molecule has 2 atom stereocenters. The zero-order valence-corrected chi connectivity index (χ0v) is 11.1. The second-order valence-corrected chi connectivity index (χ2v) is 5.01. The minimum Gasteiger partial charge on any atom is -0.496 e. The van der Waals surface area contributed by atoms with Crippen molar-refractivity contribution in [2.75, 3.05) is 13.7 Å². The summed E-state index contributed by atoms with van der Waals surface area (Å²) < 4.78 is 5.39. The number of hydrogen-bond acceptors (Lipinski definition) is 3. The lowest BCUT2D eigenvalue weighted by molar-refractivity contribution is -0.141. The Hall–Kier alpha value is -1.26. The molecule has 0 aliphatic carbocycles. The average molecular weight is 270 g/mol. The molecule has 2 rings (SSSR count). The summed E-state index contributed by atoms with van der Waals surface area (Å²) in [6.07, 6.45) is 0.561. The number of ether oxygens (including phenoxy) is 1. The highest BCUT2D eigenvalue weighted by molar-refractivity contribution is 6.30. The highest BCUT2D eigenvalue weighted by atomic mass is 35.5. The number of aliphatic carboxylic acids is 1. The smallest absolute Gasteiger partial charge is 0.307 e. The van der Waals surface area contributed by atoms with E-state index in [0.717, 1.165) is 16.9 Å². The van der Waals surface area contributed by atoms with Gasteiger partial charge in [0.15, 0.2) is 0 Å². The monoisotopic (exact) mass is 269 g/mol. The zero-order chi connectivity index (χ0) is 13.3. The van der Waals surface area contributed by atoms with Crippen LogP contribution in [0.25, 0.3) is 0 Å². The van der Waals surface area contributed by atoms with Crippen LogP contribution in [-0.4, -0.2) is 24.7 Å². The minimum atomic E-state index is -0.761. The molecule has 2 unspecified atom stereocenters. The molecule has 0 amide bonds. The number of benzene rings is 1. The molecule has 1 aliphatic rings. The number of rotatable bonds is 3. The van der Waals surface area contributed by atoms with Crippen LogP contribution < -0.4 is 10.1 Å². The predicted molar refractivity (Wildman–Crippen MR) is 69.2 cm³/mol. The summed E-state index contributed by atoms with van der Waals surface area (Å²) in [5.74, 6) is -0.329. The first-order valence-electron chi connectivity index (χ1n) is 5.83. The zero-order valence-electron chi connectivity index (χ0n) is 10.4. The predicted octanol–water partition coefficient (Wildman–Crippen LogP) is 2.39. The molecule has 0 bridgehead atoms. The maximum Gasteiger partial charge on any atom is 0.307 e. The molecule has 1 saturated heterocycles. The molecule has 1 aromatic rings. The van der Waals surface area contributed by atoms with E-state index >= 15 is 0 Å². The molecule has 18 heavy (non-hydrogen) atoms. The van der Waals surface area contributed by atoms with Crippen LogP contribution >= 0.6 is 11.6 Å². The number of carboxylic acids is 1. The summed E-state index contributed by atoms with van der Waals surface area (Å²) in [6, 6.07) is 3.67. The summed E-state index contributed by atoms with van der Waals surface area (Å²) >= 11 is 6.06. The van der Waals surface area contributed by atoms with Crippen LogP contribution in [0.3, 0.4) is 0 Å². The lowest BCUT2D eigenvalue weighted by Crippen LogP contribution is -2.17. The van der Waals surface area contributed by atoms with Crippen LogP contribution in [0, 0.1) is 12.8 Å². The van der Waals surface area contributed by atoms with Gasteiger partial charge in [0.05, 0.1) is 13.0 Å². The van der Waals surface area contributed by atoms with Gasteiger partial charge < -0.3 is 15.2 Å². The summed E-state index contributed by atoms with van der Waals surface area (Å²) in [5, 5.41) is 12.9. The molecule has 5 heteroatoms. The molecule has 0 radical (unpaired) electrons. The highest BCUT2D eigenvalue weighted by Crippen LogP contribution is 2.37. The van der Waals surface area contributed by atoms with Crippen molar-refractivity contribution in [1.82, 2.24) is 5.32 Å². The van der Waals surface area contributed by atoms with Gasteiger partial charge in [-0.3, -0.25) is 4.79 Å². The van der Waals surface area contributed by atoms with Gasteiger partial charge in [-0.1, -0.05) is 11.6 Å². The van der Waals surface area contributed by atoms with Crippen molar-refractivity contribution in [2.45, 2.75) is 19.4 Å². The van der Waals surface area contributed by atoms with Gasteiger partial charge in [-0.15, -0.1) is 0 Å². The number of hydrogen-bond donors (Lipinski definition) is 2. The maximum atomic E-state index is 11.0. The van der Waals surface area contributed by atoms with Crippen molar-refractivity contribution in [1.29, 1.82) is 0 Å². The van der Waals surface area contributed by atoms with Crippen molar-refractivity contribution in [2.24, 2.45) is 5.92 Å². The van der Waals surface area contributed by atoms with Gasteiger partial charge in [0.1, 0.15) is 5.75 Å². The van der Waals surface area contributed by atoms with Crippen LogP contribution in [0.2, 0.25) is 5.02 Å². The molecular weight excluding hydrogens is 254 g/mol. The molecular formula is C13H16ClNO3. The van der Waals surface area contributed by atoms with E-state index in [4.69, 9.17) is 21.4 Å². The maximum absolute atomic E-state index is 11.0. The first-order chi connectivity index (χ1) is 8.52. The van der Waals surface area contributed by atoms with Gasteiger partial charge in [0, 0.05) is 23.2 Å². The molecule has 2 N–H and O–H groups in total. The van der Waals surface area contributed by atoms with Gasteiger partial charge in [-0.25, -0.2) is 0 Å². The third-order valence-electron chi connectivity index (χ3n) is 3.33. The number of carbonyl (C=O) groups is 1. The van der Waals surface area contributed by atoms with E-state index in [0.29, 0.717) is 18.0 Å². The topological polar surface area (TPSA) is 58.6 Å². The Balaban J connectivity index is 2.31. The molecule has 4 nitrogen and oxygen atoms in total. The van der Waals surface area contributed by atoms with E-state index < -0.39 is 5.97 Å². The van der Waals surface area contributed by atoms with Crippen LogP contribution in [0.1, 0.15) is 23.6 Å². The van der Waals surface area contributed by atoms with E-state index in [1.807, 2.05) is 19.1 Å². The standard InChI is InChI=1S/C13H16ClNO3/c1-7-3-9(14)5-10(12(7)18-2)11-4-8(6-15-11)13(16)17/h3,5,8,11,15H,4,6H2,1-2H3,(H,16,17). The van der Waals surface area contributed by atoms with E-state index in [9.17, 15) is 4.79 Å². The minimum absolute atomic E-state index is 0.0153. The number of halogens is 1. The summed E-state index contributed by atoms with van der Waals surface area (Å²) in [4.78, 5) is 11.0. The number of nitrogens with one attached hydrogen (secondary N) is 1. The first kappa shape index (κ1) is 13.2. The van der Waals surface area contributed by atoms with Crippen molar-refractivity contribution < 1.29 is 14.6 Å². The number of methoxy groups -OCH3 is 1. The first-order valence-corrected chi connectivity index (χ1v) is 6.21. The van der Waals surface area contributed by atoms with Crippen LogP contribution in [-0.2, 0) is 4.79 Å². The third-order valence-corrected chi connectivity index (χ3v) is 3.55. The summed E-state index contributed by atoms with van der Waals surface area (Å²) in [5.41, 5.74) is 1.90. The lowest BCUT2D eigenvalue weighted by atomic mass is 9.97. The van der Waals surface area contributed by atoms with E-state index in [-0.39, 0.29) is 12.0 Å². The quantitative estimate of drug-likeness (QED) is 0.885. The molecule has 0 spiro atoms. The Morgan fingerprint density at radius 2 is 2.28 bits per heavy atom. The largest absolute Gasteiger partial charge is 0.496 e. The Kier molecular flexibility index (Phi) is 3.78. The second kappa shape index (κ2) is 5.16. The molecule has 1 aliphatic heterocycles. The van der Waals surface area contributed by atoms with Gasteiger partial charge in [-0.2, -0.15) is 0 Å². The van der Waals surface area contributed by atoms with E-state index in [1.54, 1.807) is 7.11 Å². The van der Waals surface area contributed by atoms with Crippen molar-refractivity contribution in [3.8, 4) is 5.75 Å². The highest BCUT2D eigenvalue weighted by Gasteiger charge is 2.32. The van der Waals surface area contributed by atoms with Crippen molar-refractivity contribution in [3.05, 3.63) is 28.3 Å². The van der Waals surface area contributed by atoms with Crippen LogP contribution in [0.15, 0.2) is 12.1 Å². The summed E-state index contributed by atoms with van der Waals surface area (Å²) in [7, 11) is 1.61. The number of carboxylic acid groups (broad SMARTS) is 1. The van der Waals surface area contributed by atoms with Crippen molar-refractivity contribution in [3.63, 3.8) is 0 Å². The molecule has 1 heterocycles. The normalized spacial score (nSPS) is 23.1. The Labute approximate surface area is 111 Å². The molecule has 1 aromatic carbocycles. The molecule has 98 valence electrons. The third kappa shape index (κ3) is 2.44. The van der Waals surface area contributed by atoms with Gasteiger partial charge in [0.2, 0.25) is 0 Å². The van der Waals surface area contributed by atoms with E-state index in [2.05, 4.69) is 5.32 Å². The summed E-state index contributed by atoms with van der Waals surface area (Å²) in [6.45, 7) is 2.41. The van der Waals surface area contributed by atoms with Crippen LogP contribution in [0.4, 0.5) is 0 Å². The fraction of sp³-hybridized carbons (Fsp3) is 0.462. The lowest BCUT2D eigenvalue weighted by Gasteiger charge is -2.17. The number of aryl methyl sites for hydroxylation is 1. The van der Waals surface area contributed by atoms with Gasteiger partial charge in [0.25, 0.3) is 0 Å². The van der Waals surface area contributed by atoms with Gasteiger partial charge >= 0.3 is 5.97 Å². The van der Waals surface area contributed by atoms with Gasteiger partial charge in [-0.05, 0) is 31.0 Å². The van der Waals surface area contributed by atoms with E-state index in [1.165, 1.54) is 0 Å². The van der Waals surface area contributed by atoms with Crippen LogP contribution in [0.5, 0.6) is 5.75 Å².